The van der Waals surface area contributed by atoms with Crippen LogP contribution in [-0.2, 0) is 16.4 Å². The SMILES string of the molecule is CCNCCCS(=O)(=O)N1CCCc2ccccc21. The van der Waals surface area contributed by atoms with Crippen molar-refractivity contribution in [1.29, 1.82) is 0 Å². The number of fused-ring (bicyclic) bond motifs is 1. The van der Waals surface area contributed by atoms with E-state index in [-0.39, 0.29) is 5.75 Å². The molecule has 1 N–H and O–H groups in total. The number of sulfonamides is 1. The Morgan fingerprint density at radius 3 is 2.89 bits per heavy atom. The Balaban J connectivity index is 2.09. The van der Waals surface area contributed by atoms with Crippen molar-refractivity contribution in [2.75, 3.05) is 29.7 Å². The Morgan fingerprint density at radius 1 is 1.32 bits per heavy atom. The lowest BCUT2D eigenvalue weighted by Gasteiger charge is -2.30. The molecule has 0 aliphatic carbocycles. The molecular formula is C14H22N2O2S. The van der Waals surface area contributed by atoms with Crippen molar-refractivity contribution in [3.63, 3.8) is 0 Å². The van der Waals surface area contributed by atoms with Crippen molar-refractivity contribution in [2.45, 2.75) is 26.2 Å². The van der Waals surface area contributed by atoms with Gasteiger partial charge in [0.15, 0.2) is 0 Å². The highest BCUT2D eigenvalue weighted by Gasteiger charge is 2.26. The topological polar surface area (TPSA) is 49.4 Å². The van der Waals surface area contributed by atoms with Crippen LogP contribution < -0.4 is 9.62 Å². The minimum Gasteiger partial charge on any atom is -0.317 e. The number of aryl methyl sites for hydroxylation is 1. The van der Waals surface area contributed by atoms with Gasteiger partial charge in [0, 0.05) is 6.54 Å². The number of hydrogen-bond donors (Lipinski definition) is 1. The number of anilines is 1. The lowest BCUT2D eigenvalue weighted by molar-refractivity contribution is 0.581. The van der Waals surface area contributed by atoms with Crippen molar-refractivity contribution in [1.82, 2.24) is 5.32 Å². The molecule has 0 saturated carbocycles. The molecule has 106 valence electrons. The van der Waals surface area contributed by atoms with E-state index in [0.29, 0.717) is 13.0 Å². The quantitative estimate of drug-likeness (QED) is 0.809. The van der Waals surface area contributed by atoms with Gasteiger partial charge in [-0.1, -0.05) is 25.1 Å². The van der Waals surface area contributed by atoms with Gasteiger partial charge in [0.1, 0.15) is 0 Å². The molecule has 0 fully saturated rings. The fourth-order valence-electron chi connectivity index (χ4n) is 2.45. The number of hydrogen-bond acceptors (Lipinski definition) is 3. The van der Waals surface area contributed by atoms with Crippen LogP contribution >= 0.6 is 0 Å². The highest BCUT2D eigenvalue weighted by atomic mass is 32.2. The van der Waals surface area contributed by atoms with Gasteiger partial charge >= 0.3 is 0 Å². The van der Waals surface area contributed by atoms with Crippen LogP contribution in [0.4, 0.5) is 5.69 Å². The first-order chi connectivity index (χ1) is 9.15. The normalized spacial score (nSPS) is 15.3. The van der Waals surface area contributed by atoms with Gasteiger partial charge < -0.3 is 5.32 Å². The first kappa shape index (κ1) is 14.3. The maximum absolute atomic E-state index is 12.4. The van der Waals surface area contributed by atoms with Gasteiger partial charge in [-0.25, -0.2) is 8.42 Å². The van der Waals surface area contributed by atoms with E-state index in [9.17, 15) is 8.42 Å². The number of nitrogens with one attached hydrogen (secondary N) is 1. The van der Waals surface area contributed by atoms with E-state index in [1.807, 2.05) is 31.2 Å². The average Bonchev–Trinajstić information content (AvgIpc) is 2.43. The van der Waals surface area contributed by atoms with E-state index in [1.165, 1.54) is 0 Å². The van der Waals surface area contributed by atoms with Crippen LogP contribution in [0.3, 0.4) is 0 Å². The molecule has 5 heteroatoms. The second-order valence-electron chi connectivity index (χ2n) is 4.83. The molecule has 2 rings (SSSR count). The molecule has 0 saturated heterocycles. The van der Waals surface area contributed by atoms with Gasteiger partial charge in [-0.3, -0.25) is 4.31 Å². The average molecular weight is 282 g/mol. The fourth-order valence-corrected chi connectivity index (χ4v) is 4.07. The first-order valence-electron chi connectivity index (χ1n) is 6.94. The van der Waals surface area contributed by atoms with Crippen molar-refractivity contribution in [3.05, 3.63) is 29.8 Å². The third kappa shape index (κ3) is 3.48. The second kappa shape index (κ2) is 6.39. The van der Waals surface area contributed by atoms with E-state index in [1.54, 1.807) is 4.31 Å². The van der Waals surface area contributed by atoms with Gasteiger partial charge in [0.25, 0.3) is 0 Å². The van der Waals surface area contributed by atoms with Gasteiger partial charge in [-0.15, -0.1) is 0 Å². The molecule has 0 atom stereocenters. The summed E-state index contributed by atoms with van der Waals surface area (Å²) in [5.41, 5.74) is 2.02. The molecule has 0 spiro atoms. The molecule has 1 aliphatic rings. The first-order valence-corrected chi connectivity index (χ1v) is 8.55. The molecule has 19 heavy (non-hydrogen) atoms. The van der Waals surface area contributed by atoms with Gasteiger partial charge in [-0.05, 0) is 44.0 Å². The zero-order chi connectivity index (χ0) is 13.7. The summed E-state index contributed by atoms with van der Waals surface area (Å²) in [5.74, 6) is 0.217. The molecule has 4 nitrogen and oxygen atoms in total. The van der Waals surface area contributed by atoms with Crippen molar-refractivity contribution >= 4 is 15.7 Å². The van der Waals surface area contributed by atoms with Crippen LogP contribution in [0.2, 0.25) is 0 Å². The lowest BCUT2D eigenvalue weighted by Crippen LogP contribution is -2.37. The van der Waals surface area contributed by atoms with Crippen LogP contribution in [-0.4, -0.2) is 33.8 Å². The molecule has 0 aromatic heterocycles. The van der Waals surface area contributed by atoms with E-state index < -0.39 is 10.0 Å². The fraction of sp³-hybridized carbons (Fsp3) is 0.571. The summed E-state index contributed by atoms with van der Waals surface area (Å²) in [7, 11) is -3.18. The number of para-hydroxylation sites is 1. The minimum absolute atomic E-state index is 0.217. The summed E-state index contributed by atoms with van der Waals surface area (Å²) in [6.07, 6.45) is 2.54. The Hall–Kier alpha value is -1.07. The second-order valence-corrected chi connectivity index (χ2v) is 6.84. The Labute approximate surface area is 115 Å². The zero-order valence-corrected chi connectivity index (χ0v) is 12.2. The molecule has 1 aliphatic heterocycles. The molecule has 0 unspecified atom stereocenters. The standard InChI is InChI=1S/C14H22N2O2S/c1-2-15-10-6-12-19(17,18)16-11-5-8-13-7-3-4-9-14(13)16/h3-4,7,9,15H,2,5-6,8,10-12H2,1H3. The molecule has 1 heterocycles. The summed E-state index contributed by atoms with van der Waals surface area (Å²) >= 11 is 0. The summed E-state index contributed by atoms with van der Waals surface area (Å²) in [6, 6.07) is 7.82. The highest BCUT2D eigenvalue weighted by Crippen LogP contribution is 2.29. The predicted octanol–water partition coefficient (Wildman–Crippen LogP) is 1.77. The summed E-state index contributed by atoms with van der Waals surface area (Å²) in [5, 5.41) is 3.16. The van der Waals surface area contributed by atoms with Gasteiger partial charge in [0.2, 0.25) is 10.0 Å². The molecule has 0 bridgehead atoms. The van der Waals surface area contributed by atoms with Crippen molar-refractivity contribution < 1.29 is 8.42 Å². The third-order valence-corrected chi connectivity index (χ3v) is 5.26. The molecule has 1 aromatic carbocycles. The molecule has 0 amide bonds. The monoisotopic (exact) mass is 282 g/mol. The summed E-state index contributed by atoms with van der Waals surface area (Å²) in [6.45, 7) is 4.27. The maximum atomic E-state index is 12.4. The summed E-state index contributed by atoms with van der Waals surface area (Å²) < 4.78 is 26.4. The Kier molecular flexibility index (Phi) is 4.82. The minimum atomic E-state index is -3.18. The smallest absolute Gasteiger partial charge is 0.235 e. The van der Waals surface area contributed by atoms with E-state index in [2.05, 4.69) is 5.32 Å². The number of benzene rings is 1. The van der Waals surface area contributed by atoms with Crippen LogP contribution in [0, 0.1) is 0 Å². The Morgan fingerprint density at radius 2 is 2.11 bits per heavy atom. The van der Waals surface area contributed by atoms with Crippen LogP contribution in [0.5, 0.6) is 0 Å². The molecule has 0 radical (unpaired) electrons. The van der Waals surface area contributed by atoms with Gasteiger partial charge in [-0.2, -0.15) is 0 Å². The Bertz CT molecular complexity index is 514. The number of nitrogens with zero attached hydrogens (tertiary/aromatic N) is 1. The third-order valence-electron chi connectivity index (χ3n) is 3.41. The van der Waals surface area contributed by atoms with Crippen molar-refractivity contribution in [3.8, 4) is 0 Å². The highest BCUT2D eigenvalue weighted by molar-refractivity contribution is 7.92. The van der Waals surface area contributed by atoms with Crippen LogP contribution in [0.15, 0.2) is 24.3 Å². The van der Waals surface area contributed by atoms with E-state index in [0.717, 1.165) is 37.2 Å². The maximum Gasteiger partial charge on any atom is 0.235 e. The van der Waals surface area contributed by atoms with Gasteiger partial charge in [0.05, 0.1) is 11.4 Å². The van der Waals surface area contributed by atoms with Crippen molar-refractivity contribution in [2.24, 2.45) is 0 Å². The molecular weight excluding hydrogens is 260 g/mol. The summed E-state index contributed by atoms with van der Waals surface area (Å²) in [4.78, 5) is 0. The van der Waals surface area contributed by atoms with Crippen LogP contribution in [0.25, 0.3) is 0 Å². The van der Waals surface area contributed by atoms with Crippen LogP contribution in [0.1, 0.15) is 25.3 Å². The molecule has 1 aromatic rings. The number of rotatable bonds is 6. The van der Waals surface area contributed by atoms with E-state index >= 15 is 0 Å². The largest absolute Gasteiger partial charge is 0.317 e. The zero-order valence-electron chi connectivity index (χ0n) is 11.4. The lowest BCUT2D eigenvalue weighted by atomic mass is 10.0. The predicted molar refractivity (Wildman–Crippen MR) is 79.1 cm³/mol. The van der Waals surface area contributed by atoms with E-state index in [4.69, 9.17) is 0 Å².